The lowest BCUT2D eigenvalue weighted by Gasteiger charge is -2.53. The molecule has 1 N–H and O–H groups in total. The number of nitriles is 1. The van der Waals surface area contributed by atoms with Crippen LogP contribution in [0.2, 0.25) is 5.02 Å². The lowest BCUT2D eigenvalue weighted by Crippen LogP contribution is -2.51. The molecule has 2 aliphatic carbocycles. The van der Waals surface area contributed by atoms with Crippen LogP contribution < -0.4 is 19.7 Å². The number of halogens is 1. The molecule has 15 nitrogen and oxygen atoms in total. The average molecular weight is 898 g/mol. The number of anilines is 1. The molecule has 17 heteroatoms. The van der Waals surface area contributed by atoms with Crippen molar-refractivity contribution >= 4 is 40.4 Å². The molecule has 0 radical (unpaired) electrons. The van der Waals surface area contributed by atoms with Crippen molar-refractivity contribution in [1.82, 2.24) is 40.2 Å². The van der Waals surface area contributed by atoms with Crippen LogP contribution >= 0.6 is 22.9 Å². The lowest BCUT2D eigenvalue weighted by molar-refractivity contribution is 0.0103. The molecule has 0 unspecified atom stereocenters. The molecule has 3 fully saturated rings. The Kier molecular flexibility index (Phi) is 11.4. The van der Waals surface area contributed by atoms with Crippen molar-refractivity contribution in [2.24, 2.45) is 16.3 Å². The largest absolute Gasteiger partial charge is 0.490 e. The Morgan fingerprint density at radius 1 is 1.05 bits per heavy atom. The zero-order chi connectivity index (χ0) is 44.0. The van der Waals surface area contributed by atoms with Gasteiger partial charge in [0.25, 0.3) is 5.91 Å². The van der Waals surface area contributed by atoms with Crippen LogP contribution in [0.4, 0.5) is 5.82 Å². The maximum Gasteiger partial charge on any atom is 0.272 e. The fourth-order valence-corrected chi connectivity index (χ4v) is 11.4. The average Bonchev–Trinajstić information content (AvgIpc) is 4.01. The summed E-state index contributed by atoms with van der Waals surface area (Å²) in [6.45, 7) is 8.69. The van der Waals surface area contributed by atoms with E-state index < -0.39 is 0 Å². The Morgan fingerprint density at radius 3 is 2.64 bits per heavy atom. The van der Waals surface area contributed by atoms with Gasteiger partial charge in [-0.3, -0.25) is 14.4 Å². The third-order valence-corrected chi connectivity index (χ3v) is 14.8. The third kappa shape index (κ3) is 8.34. The van der Waals surface area contributed by atoms with Gasteiger partial charge in [0.2, 0.25) is 5.88 Å². The first-order chi connectivity index (χ1) is 31.1. The first kappa shape index (κ1) is 41.8. The highest BCUT2D eigenvalue weighted by Crippen LogP contribution is 2.51. The van der Waals surface area contributed by atoms with Crippen molar-refractivity contribution in [3.63, 3.8) is 0 Å². The van der Waals surface area contributed by atoms with E-state index in [9.17, 15) is 4.79 Å². The van der Waals surface area contributed by atoms with Crippen molar-refractivity contribution in [3.8, 4) is 22.7 Å². The van der Waals surface area contributed by atoms with Gasteiger partial charge in [-0.2, -0.15) is 5.26 Å². The Balaban J connectivity index is 0.719. The van der Waals surface area contributed by atoms with Gasteiger partial charge in [0.1, 0.15) is 34.9 Å². The van der Waals surface area contributed by atoms with E-state index >= 15 is 0 Å². The van der Waals surface area contributed by atoms with Crippen LogP contribution in [0.5, 0.6) is 11.6 Å². The van der Waals surface area contributed by atoms with Crippen molar-refractivity contribution in [2.45, 2.75) is 96.7 Å². The number of aromatic nitrogens is 7. The summed E-state index contributed by atoms with van der Waals surface area (Å²) < 4.78 is 20.2. The summed E-state index contributed by atoms with van der Waals surface area (Å²) >= 11 is 7.90. The molecule has 4 aliphatic rings. The molecule has 5 aromatic heterocycles. The molecular formula is C47H48ClN11O4S. The maximum atomic E-state index is 13.2. The number of aliphatic imine (C=N–C) groups is 1. The van der Waals surface area contributed by atoms with Gasteiger partial charge < -0.3 is 24.1 Å². The number of nitrogens with one attached hydrogen (secondary N) is 1. The van der Waals surface area contributed by atoms with E-state index in [-0.39, 0.29) is 29.5 Å². The SMILES string of the molecule is Cc1sc2c(c1C)C(c1ccc(OCC3CC4(CCCN(c5ccc(C(=O)NC6CCC(Oc7ccc(C#N)c(Cl)c7)CC6)nn5)C4)C3)nc1)=N[C@@H](Cc1ncco1)c1nnc(C)n1-2. The van der Waals surface area contributed by atoms with E-state index in [1.807, 2.05) is 25.3 Å². The molecule has 328 valence electrons. The number of hydrogen-bond donors (Lipinski definition) is 1. The molecule has 2 aliphatic heterocycles. The van der Waals surface area contributed by atoms with E-state index in [2.05, 4.69) is 66.1 Å². The molecule has 1 aromatic carbocycles. The third-order valence-electron chi connectivity index (χ3n) is 13.3. The van der Waals surface area contributed by atoms with Crippen LogP contribution in [0.15, 0.2) is 70.5 Å². The number of pyridine rings is 1. The van der Waals surface area contributed by atoms with Crippen LogP contribution in [0.3, 0.4) is 0 Å². The standard InChI is InChI=1S/C47H48ClN11O4S/c1-27-28(2)64-46-42(27)43(53-38(20-41-50-16-18-61-41)44-57-54-29(3)59(44)46)32-6-14-40(51-24-32)62-25-30-21-47(22-30)15-4-17-58(26-47)39-13-12-37(55-56-39)45(60)52-33-7-10-34(11-8-33)63-35-9-5-31(23-49)36(48)19-35/h5-6,9,12-14,16,18-19,24,30,33-34,38H,4,7-8,10-11,15,17,20-22,25-26H2,1-3H3,(H,52,60)/t30?,33?,34?,38-,47?/m0/s1. The van der Waals surface area contributed by atoms with Gasteiger partial charge in [-0.25, -0.2) is 9.97 Å². The van der Waals surface area contributed by atoms with Crippen LogP contribution in [0.1, 0.15) is 113 Å². The quantitative estimate of drug-likeness (QED) is 0.132. The highest BCUT2D eigenvalue weighted by atomic mass is 35.5. The Morgan fingerprint density at radius 2 is 1.91 bits per heavy atom. The van der Waals surface area contributed by atoms with Crippen LogP contribution in [-0.2, 0) is 6.42 Å². The first-order valence-electron chi connectivity index (χ1n) is 22.0. The van der Waals surface area contributed by atoms with Crippen LogP contribution in [-0.4, -0.2) is 78.4 Å². The van der Waals surface area contributed by atoms with Crippen molar-refractivity contribution < 1.29 is 18.7 Å². The normalized spacial score (nSPS) is 22.7. The summed E-state index contributed by atoms with van der Waals surface area (Å²) in [6.07, 6.45) is 13.2. The number of hydrogen-bond acceptors (Lipinski definition) is 14. The summed E-state index contributed by atoms with van der Waals surface area (Å²) in [4.78, 5) is 31.2. The van der Waals surface area contributed by atoms with E-state index in [4.69, 9.17) is 40.7 Å². The molecule has 2 saturated carbocycles. The Hall–Kier alpha value is -6.18. The molecular weight excluding hydrogens is 850 g/mol. The topological polar surface area (TPSA) is 182 Å². The zero-order valence-electron chi connectivity index (χ0n) is 36.0. The summed E-state index contributed by atoms with van der Waals surface area (Å²) in [6, 6.07) is 14.6. The predicted octanol–water partition coefficient (Wildman–Crippen LogP) is 8.28. The first-order valence-corrected chi connectivity index (χ1v) is 23.2. The predicted molar refractivity (Wildman–Crippen MR) is 241 cm³/mol. The number of carbonyl (C=O) groups is 1. The van der Waals surface area contributed by atoms with E-state index in [0.717, 1.165) is 97.3 Å². The highest BCUT2D eigenvalue weighted by Gasteiger charge is 2.47. The number of aryl methyl sites for hydroxylation is 2. The van der Waals surface area contributed by atoms with E-state index in [1.54, 1.807) is 48.1 Å². The summed E-state index contributed by atoms with van der Waals surface area (Å²) in [7, 11) is 0. The number of carbonyl (C=O) groups excluding carboxylic acids is 1. The number of nitrogens with zero attached hydrogens (tertiary/aromatic N) is 10. The van der Waals surface area contributed by atoms with E-state index in [0.29, 0.717) is 52.7 Å². The molecule has 10 rings (SSSR count). The molecule has 7 heterocycles. The van der Waals surface area contributed by atoms with Gasteiger partial charge in [-0.05, 0) is 119 Å². The second-order valence-corrected chi connectivity index (χ2v) is 19.2. The van der Waals surface area contributed by atoms with Crippen molar-refractivity contribution in [3.05, 3.63) is 117 Å². The lowest BCUT2D eigenvalue weighted by atomic mass is 9.58. The maximum absolute atomic E-state index is 13.2. The minimum atomic E-state index is -0.349. The molecule has 1 amide bonds. The zero-order valence-corrected chi connectivity index (χ0v) is 37.5. The Bertz CT molecular complexity index is 2730. The number of thiophene rings is 1. The summed E-state index contributed by atoms with van der Waals surface area (Å²) in [5, 5.41) is 31.6. The molecule has 64 heavy (non-hydrogen) atoms. The highest BCUT2D eigenvalue weighted by molar-refractivity contribution is 7.15. The molecule has 0 bridgehead atoms. The minimum absolute atomic E-state index is 0.0257. The van der Waals surface area contributed by atoms with Crippen molar-refractivity contribution in [1.29, 1.82) is 5.26 Å². The summed E-state index contributed by atoms with van der Waals surface area (Å²) in [5.74, 6) is 4.44. The van der Waals surface area contributed by atoms with Gasteiger partial charge in [0, 0.05) is 53.5 Å². The fraction of sp³-hybridized carbons (Fsp3) is 0.426. The smallest absolute Gasteiger partial charge is 0.272 e. The van der Waals surface area contributed by atoms with E-state index in [1.165, 1.54) is 16.9 Å². The van der Waals surface area contributed by atoms with Gasteiger partial charge in [-0.1, -0.05) is 11.6 Å². The minimum Gasteiger partial charge on any atom is -0.490 e. The number of amides is 1. The number of fused-ring (bicyclic) bond motifs is 3. The van der Waals surface area contributed by atoms with Crippen molar-refractivity contribution in [2.75, 3.05) is 24.6 Å². The van der Waals surface area contributed by atoms with Gasteiger partial charge in [0.05, 0.1) is 41.6 Å². The van der Waals surface area contributed by atoms with Crippen LogP contribution in [0, 0.1) is 43.4 Å². The molecule has 6 aromatic rings. The second-order valence-electron chi connectivity index (χ2n) is 17.6. The monoisotopic (exact) mass is 897 g/mol. The summed E-state index contributed by atoms with van der Waals surface area (Å²) in [5.41, 5.74) is 4.96. The molecule has 1 saturated heterocycles. The van der Waals surface area contributed by atoms with Crippen LogP contribution in [0.25, 0.3) is 5.00 Å². The van der Waals surface area contributed by atoms with Gasteiger partial charge in [-0.15, -0.1) is 31.7 Å². The molecule has 1 atom stereocenters. The molecule has 1 spiro atoms. The number of benzene rings is 1. The number of piperidine rings is 1. The fourth-order valence-electron chi connectivity index (χ4n) is 9.92. The second kappa shape index (κ2) is 17.4. The number of rotatable bonds is 11. The van der Waals surface area contributed by atoms with Gasteiger partial charge >= 0.3 is 0 Å². The number of oxazole rings is 1. The Labute approximate surface area is 379 Å². The number of ether oxygens (including phenoxy) is 2. The van der Waals surface area contributed by atoms with Gasteiger partial charge in [0.15, 0.2) is 23.2 Å².